The molecule has 2 atom stereocenters. The van der Waals surface area contributed by atoms with Crippen LogP contribution in [-0.2, 0) is 9.53 Å². The number of carbonyl (C=O) groups excluding carboxylic acids is 1. The number of amides is 1. The molecule has 1 N–H and O–H groups in total. The average molecular weight is 363 g/mol. The first-order valence-corrected chi connectivity index (χ1v) is 9.09. The molecule has 0 unspecified atom stereocenters. The molecule has 2 aliphatic rings. The van der Waals surface area contributed by atoms with Gasteiger partial charge in [0.25, 0.3) is 0 Å². The Labute approximate surface area is 144 Å². The third-order valence-electron chi connectivity index (χ3n) is 4.57. The number of ether oxygens (including phenoxy) is 1. The van der Waals surface area contributed by atoms with Gasteiger partial charge in [0.1, 0.15) is 4.33 Å². The van der Waals surface area contributed by atoms with Gasteiger partial charge in [0, 0.05) is 24.5 Å². The first-order valence-electron chi connectivity index (χ1n) is 7.45. The zero-order valence-corrected chi connectivity index (χ0v) is 14.8. The summed E-state index contributed by atoms with van der Waals surface area (Å²) in [6.07, 6.45) is 0.510. The summed E-state index contributed by atoms with van der Waals surface area (Å²) in [5.41, 5.74) is -0.666. The molecular weight excluding hydrogens is 343 g/mol. The molecule has 1 amide bonds. The number of hydrogen-bond acceptors (Lipinski definition) is 4. The number of carbonyl (C=O) groups is 1. The summed E-state index contributed by atoms with van der Waals surface area (Å²) >= 11 is 13.9. The third-order valence-corrected chi connectivity index (χ3v) is 6.65. The minimum atomic E-state index is -0.922. The highest BCUT2D eigenvalue weighted by Crippen LogP contribution is 2.63. The van der Waals surface area contributed by atoms with Gasteiger partial charge < -0.3 is 10.1 Å². The van der Waals surface area contributed by atoms with Gasteiger partial charge in [0.2, 0.25) is 5.91 Å². The van der Waals surface area contributed by atoms with Crippen molar-refractivity contribution in [2.24, 2.45) is 5.41 Å². The van der Waals surface area contributed by atoms with Gasteiger partial charge in [-0.1, -0.05) is 6.07 Å². The summed E-state index contributed by atoms with van der Waals surface area (Å²) in [5.74, 6) is -0.0627. The topological polar surface area (TPSA) is 41.6 Å². The predicted octanol–water partition coefficient (Wildman–Crippen LogP) is 2.82. The van der Waals surface area contributed by atoms with Crippen molar-refractivity contribution in [1.82, 2.24) is 10.2 Å². The molecule has 0 spiro atoms. The third kappa shape index (κ3) is 3.15. The van der Waals surface area contributed by atoms with E-state index in [0.29, 0.717) is 13.0 Å². The molecule has 1 saturated carbocycles. The molecule has 2 heterocycles. The first kappa shape index (κ1) is 16.5. The van der Waals surface area contributed by atoms with Crippen molar-refractivity contribution < 1.29 is 9.53 Å². The van der Waals surface area contributed by atoms with E-state index in [-0.39, 0.29) is 11.9 Å². The second-order valence-corrected chi connectivity index (χ2v) is 8.57. The Morgan fingerprint density at radius 1 is 1.50 bits per heavy atom. The van der Waals surface area contributed by atoms with Crippen LogP contribution in [0.2, 0.25) is 0 Å². The van der Waals surface area contributed by atoms with E-state index in [4.69, 9.17) is 27.9 Å². The van der Waals surface area contributed by atoms with E-state index in [1.807, 2.05) is 13.0 Å². The van der Waals surface area contributed by atoms with Crippen LogP contribution in [0.1, 0.15) is 24.3 Å². The fourth-order valence-corrected chi connectivity index (χ4v) is 4.38. The summed E-state index contributed by atoms with van der Waals surface area (Å²) in [4.78, 5) is 16.0. The van der Waals surface area contributed by atoms with E-state index in [2.05, 4.69) is 21.7 Å². The molecule has 4 nitrogen and oxygen atoms in total. The van der Waals surface area contributed by atoms with Gasteiger partial charge in [-0.2, -0.15) is 0 Å². The average Bonchev–Trinajstić information content (AvgIpc) is 2.86. The van der Waals surface area contributed by atoms with Gasteiger partial charge in [-0.05, 0) is 24.8 Å². The van der Waals surface area contributed by atoms with Crippen LogP contribution in [0, 0.1) is 5.41 Å². The fraction of sp³-hybridized carbons (Fsp3) is 0.667. The van der Waals surface area contributed by atoms with Gasteiger partial charge in [-0.3, -0.25) is 9.69 Å². The maximum absolute atomic E-state index is 12.4. The number of hydrogen-bond donors (Lipinski definition) is 1. The van der Waals surface area contributed by atoms with E-state index in [0.717, 1.165) is 26.3 Å². The van der Waals surface area contributed by atoms with Crippen molar-refractivity contribution in [3.63, 3.8) is 0 Å². The molecule has 0 bridgehead atoms. The lowest BCUT2D eigenvalue weighted by molar-refractivity contribution is -0.126. The number of thiophene rings is 1. The molecule has 1 aliphatic heterocycles. The van der Waals surface area contributed by atoms with Crippen LogP contribution >= 0.6 is 34.5 Å². The Morgan fingerprint density at radius 3 is 2.73 bits per heavy atom. The Hall–Kier alpha value is -0.330. The van der Waals surface area contributed by atoms with Crippen LogP contribution in [0.15, 0.2) is 17.5 Å². The summed E-state index contributed by atoms with van der Waals surface area (Å²) < 4.78 is 4.50. The largest absolute Gasteiger partial charge is 0.379 e. The van der Waals surface area contributed by atoms with E-state index in [1.54, 1.807) is 11.3 Å². The Bertz CT molecular complexity index is 532. The van der Waals surface area contributed by atoms with Gasteiger partial charge in [0.15, 0.2) is 0 Å². The number of alkyl halides is 2. The monoisotopic (exact) mass is 362 g/mol. The molecule has 3 rings (SSSR count). The van der Waals surface area contributed by atoms with Crippen molar-refractivity contribution in [1.29, 1.82) is 0 Å². The van der Waals surface area contributed by atoms with Gasteiger partial charge in [-0.15, -0.1) is 34.5 Å². The normalized spacial score (nSPS) is 29.0. The second kappa shape index (κ2) is 6.29. The number of nitrogens with zero attached hydrogens (tertiary/aromatic N) is 1. The number of morpholine rings is 1. The van der Waals surface area contributed by atoms with Gasteiger partial charge in [0.05, 0.1) is 24.7 Å². The van der Waals surface area contributed by atoms with Crippen LogP contribution in [0.4, 0.5) is 0 Å². The highest BCUT2D eigenvalue weighted by Gasteiger charge is 2.67. The molecule has 1 saturated heterocycles. The SMILES string of the molecule is C[C@@]1(C(=O)NC[C@H](c2cccs2)N2CCOCC2)CC1(Cl)Cl. The zero-order chi connectivity index (χ0) is 15.8. The van der Waals surface area contributed by atoms with Crippen molar-refractivity contribution in [3.8, 4) is 0 Å². The highest BCUT2D eigenvalue weighted by atomic mass is 35.5. The minimum absolute atomic E-state index is 0.0627. The molecule has 2 fully saturated rings. The first-order chi connectivity index (χ1) is 10.4. The Kier molecular flexibility index (Phi) is 4.72. The van der Waals surface area contributed by atoms with Crippen LogP contribution in [0.3, 0.4) is 0 Å². The number of rotatable bonds is 5. The van der Waals surface area contributed by atoms with Crippen molar-refractivity contribution >= 4 is 40.4 Å². The molecule has 7 heteroatoms. The molecule has 0 aromatic carbocycles. The summed E-state index contributed by atoms with van der Waals surface area (Å²) in [5, 5.41) is 5.11. The summed E-state index contributed by atoms with van der Waals surface area (Å²) in [6, 6.07) is 4.33. The van der Waals surface area contributed by atoms with Crippen molar-refractivity contribution in [2.75, 3.05) is 32.8 Å². The molecule has 22 heavy (non-hydrogen) atoms. The predicted molar refractivity (Wildman–Crippen MR) is 89.6 cm³/mol. The molecular formula is C15H20Cl2N2O2S. The van der Waals surface area contributed by atoms with E-state index in [9.17, 15) is 4.79 Å². The zero-order valence-electron chi connectivity index (χ0n) is 12.5. The summed E-state index contributed by atoms with van der Waals surface area (Å²) in [7, 11) is 0. The lowest BCUT2D eigenvalue weighted by Crippen LogP contribution is -2.45. The quantitative estimate of drug-likeness (QED) is 0.818. The minimum Gasteiger partial charge on any atom is -0.379 e. The summed E-state index contributed by atoms with van der Waals surface area (Å²) in [6.45, 7) is 5.62. The molecule has 122 valence electrons. The van der Waals surface area contributed by atoms with Gasteiger partial charge >= 0.3 is 0 Å². The van der Waals surface area contributed by atoms with Crippen molar-refractivity contribution in [3.05, 3.63) is 22.4 Å². The smallest absolute Gasteiger partial charge is 0.229 e. The van der Waals surface area contributed by atoms with Crippen LogP contribution in [0.25, 0.3) is 0 Å². The van der Waals surface area contributed by atoms with E-state index in [1.165, 1.54) is 4.88 Å². The molecule has 1 aromatic rings. The standard InChI is InChI=1S/C15H20Cl2N2O2S/c1-14(10-15(14,16)17)13(20)18-9-11(12-3-2-8-22-12)19-4-6-21-7-5-19/h2-3,8,11H,4-7,9-10H2,1H3,(H,18,20)/t11-,14+/m1/s1. The van der Waals surface area contributed by atoms with Crippen LogP contribution < -0.4 is 5.32 Å². The maximum atomic E-state index is 12.4. The lowest BCUT2D eigenvalue weighted by atomic mass is 10.1. The Morgan fingerprint density at radius 2 is 2.18 bits per heavy atom. The molecule has 1 aromatic heterocycles. The van der Waals surface area contributed by atoms with E-state index < -0.39 is 9.75 Å². The number of nitrogens with one attached hydrogen (secondary N) is 1. The van der Waals surface area contributed by atoms with E-state index >= 15 is 0 Å². The maximum Gasteiger partial charge on any atom is 0.229 e. The van der Waals surface area contributed by atoms with Crippen LogP contribution in [-0.4, -0.2) is 48.0 Å². The van der Waals surface area contributed by atoms with Crippen molar-refractivity contribution in [2.45, 2.75) is 23.7 Å². The lowest BCUT2D eigenvalue weighted by Gasteiger charge is -2.34. The van der Waals surface area contributed by atoms with Crippen LogP contribution in [0.5, 0.6) is 0 Å². The fourth-order valence-electron chi connectivity index (χ4n) is 2.81. The highest BCUT2D eigenvalue weighted by molar-refractivity contribution is 7.10. The molecule has 1 aliphatic carbocycles. The molecule has 0 radical (unpaired) electrons. The van der Waals surface area contributed by atoms with Gasteiger partial charge in [-0.25, -0.2) is 0 Å². The number of halogens is 2. The second-order valence-electron chi connectivity index (χ2n) is 6.10. The Balaban J connectivity index is 1.65.